The van der Waals surface area contributed by atoms with E-state index in [-0.39, 0.29) is 0 Å². The van der Waals surface area contributed by atoms with Crippen LogP contribution in [0.2, 0.25) is 0 Å². The van der Waals surface area contributed by atoms with Crippen LogP contribution in [0.15, 0.2) is 18.2 Å². The molecule has 0 aliphatic heterocycles. The third-order valence-electron chi connectivity index (χ3n) is 2.19. The van der Waals surface area contributed by atoms with Crippen molar-refractivity contribution >= 4 is 0 Å². The van der Waals surface area contributed by atoms with E-state index in [2.05, 4.69) is 32.9 Å². The van der Waals surface area contributed by atoms with E-state index in [0.717, 1.165) is 18.8 Å². The molecule has 0 N–H and O–H groups in total. The largest absolute Gasteiger partial charge is 0.0880 e. The van der Waals surface area contributed by atoms with Crippen LogP contribution in [-0.2, 0) is 0 Å². The molecule has 0 heteroatoms. The van der Waals surface area contributed by atoms with E-state index < -0.39 is 0 Å². The van der Waals surface area contributed by atoms with Gasteiger partial charge in [-0.15, -0.1) is 0 Å². The van der Waals surface area contributed by atoms with Crippen molar-refractivity contribution in [3.8, 4) is 0 Å². The van der Waals surface area contributed by atoms with Crippen molar-refractivity contribution in [1.29, 1.82) is 0 Å². The molecular weight excluding hydrogens is 144 g/mol. The van der Waals surface area contributed by atoms with Crippen molar-refractivity contribution in [3.63, 3.8) is 0 Å². The minimum absolute atomic E-state index is 0.690. The molecule has 69 valence electrons. The van der Waals surface area contributed by atoms with E-state index in [1.807, 2.05) is 0 Å². The highest BCUT2D eigenvalue weighted by Gasteiger charge is 1.96. The first-order chi connectivity index (χ1) is 5.70. The third kappa shape index (κ3) is 6.21. The minimum Gasteiger partial charge on any atom is -0.0880 e. The number of hydrogen-bond donors (Lipinski definition) is 0. The number of rotatable bonds is 6. The smallest absolute Gasteiger partial charge is 0.0265 e. The molecule has 0 aromatic rings. The normalized spacial score (nSPS) is 16.2. The van der Waals surface area contributed by atoms with Crippen LogP contribution in [0.25, 0.3) is 0 Å². The first-order valence-corrected chi connectivity index (χ1v) is 4.90. The topological polar surface area (TPSA) is 0 Å². The van der Waals surface area contributed by atoms with Gasteiger partial charge in [0.2, 0.25) is 0 Å². The average Bonchev–Trinajstić information content (AvgIpc) is 2.04. The van der Waals surface area contributed by atoms with Crippen LogP contribution in [0.1, 0.15) is 40.0 Å². The molecule has 0 aromatic carbocycles. The van der Waals surface area contributed by atoms with Gasteiger partial charge in [0.25, 0.3) is 0 Å². The predicted octanol–water partition coefficient (Wildman–Crippen LogP) is 3.99. The lowest BCUT2D eigenvalue weighted by molar-refractivity contribution is 0.597. The Morgan fingerprint density at radius 3 is 2.42 bits per heavy atom. The summed E-state index contributed by atoms with van der Waals surface area (Å²) in [4.78, 5) is 0. The summed E-state index contributed by atoms with van der Waals surface area (Å²) in [5.41, 5.74) is 0. The van der Waals surface area contributed by atoms with Crippen molar-refractivity contribution in [1.82, 2.24) is 0 Å². The fourth-order valence-corrected chi connectivity index (χ4v) is 1.01. The molecule has 12 heavy (non-hydrogen) atoms. The zero-order valence-corrected chi connectivity index (χ0v) is 8.59. The molecular formula is C12H21. The fourth-order valence-electron chi connectivity index (χ4n) is 1.01. The second-order valence-electron chi connectivity index (χ2n) is 3.63. The maximum absolute atomic E-state index is 5.34. The summed E-state index contributed by atoms with van der Waals surface area (Å²) in [5, 5.41) is 0. The van der Waals surface area contributed by atoms with Crippen LogP contribution >= 0.6 is 0 Å². The van der Waals surface area contributed by atoms with Gasteiger partial charge < -0.3 is 0 Å². The molecule has 0 amide bonds. The van der Waals surface area contributed by atoms with Gasteiger partial charge in [-0.2, -0.15) is 0 Å². The molecule has 1 radical (unpaired) electrons. The van der Waals surface area contributed by atoms with Crippen LogP contribution < -0.4 is 0 Å². The number of hydrogen-bond acceptors (Lipinski definition) is 0. The molecule has 0 nitrogen and oxygen atoms in total. The quantitative estimate of drug-likeness (QED) is 0.522. The van der Waals surface area contributed by atoms with Gasteiger partial charge >= 0.3 is 0 Å². The lowest BCUT2D eigenvalue weighted by atomic mass is 10.0. The lowest BCUT2D eigenvalue weighted by Gasteiger charge is -2.04. The van der Waals surface area contributed by atoms with Gasteiger partial charge in [0.05, 0.1) is 0 Å². The van der Waals surface area contributed by atoms with E-state index in [9.17, 15) is 0 Å². The standard InChI is InChI=1S/C12H21/c1-5-8-12(4)10-7-9-11(3)6-2/h1,5,7,9,11-12H,6,8,10H2,2-4H3. The van der Waals surface area contributed by atoms with Crippen LogP contribution in [0.4, 0.5) is 0 Å². The molecule has 2 atom stereocenters. The average molecular weight is 165 g/mol. The van der Waals surface area contributed by atoms with Crippen LogP contribution in [0.3, 0.4) is 0 Å². The predicted molar refractivity (Wildman–Crippen MR) is 55.9 cm³/mol. The summed E-state index contributed by atoms with van der Waals surface area (Å²) in [6.07, 6.45) is 9.73. The molecule has 0 rings (SSSR count). The molecule has 0 saturated heterocycles. The van der Waals surface area contributed by atoms with Gasteiger partial charge in [-0.3, -0.25) is 0 Å². The van der Waals surface area contributed by atoms with E-state index in [4.69, 9.17) is 6.58 Å². The van der Waals surface area contributed by atoms with Crippen molar-refractivity contribution in [2.75, 3.05) is 0 Å². The highest BCUT2D eigenvalue weighted by atomic mass is 14.0. The molecule has 2 unspecified atom stereocenters. The third-order valence-corrected chi connectivity index (χ3v) is 2.19. The van der Waals surface area contributed by atoms with Crippen molar-refractivity contribution < 1.29 is 0 Å². The molecule has 0 heterocycles. The maximum atomic E-state index is 5.34. The maximum Gasteiger partial charge on any atom is -0.0265 e. The van der Waals surface area contributed by atoms with Gasteiger partial charge in [0.1, 0.15) is 0 Å². The lowest BCUT2D eigenvalue weighted by Crippen LogP contribution is -1.90. The van der Waals surface area contributed by atoms with Crippen LogP contribution in [-0.4, -0.2) is 0 Å². The van der Waals surface area contributed by atoms with Gasteiger partial charge in [-0.05, 0) is 24.7 Å². The molecule has 0 fully saturated rings. The summed E-state index contributed by atoms with van der Waals surface area (Å²) >= 11 is 0. The Morgan fingerprint density at radius 1 is 1.25 bits per heavy atom. The van der Waals surface area contributed by atoms with E-state index in [1.54, 1.807) is 6.08 Å². The molecule has 0 bridgehead atoms. The monoisotopic (exact) mass is 165 g/mol. The summed E-state index contributed by atoms with van der Waals surface area (Å²) in [6, 6.07) is 0. The van der Waals surface area contributed by atoms with Gasteiger partial charge in [0.15, 0.2) is 0 Å². The Hall–Kier alpha value is -0.520. The highest BCUT2D eigenvalue weighted by Crippen LogP contribution is 2.10. The van der Waals surface area contributed by atoms with Gasteiger partial charge in [0, 0.05) is 0 Å². The summed E-state index contributed by atoms with van der Waals surface area (Å²) < 4.78 is 0. The summed E-state index contributed by atoms with van der Waals surface area (Å²) in [6.45, 7) is 12.0. The van der Waals surface area contributed by atoms with Crippen LogP contribution in [0.5, 0.6) is 0 Å². The first-order valence-electron chi connectivity index (χ1n) is 4.90. The SMILES string of the molecule is [CH]=CCC(C)CC=CC(C)CC. The molecule has 0 aliphatic carbocycles. The molecule has 0 saturated carbocycles. The minimum atomic E-state index is 0.690. The second-order valence-corrected chi connectivity index (χ2v) is 3.63. The number of allylic oxidation sites excluding steroid dienone is 3. The second kappa shape index (κ2) is 7.15. The van der Waals surface area contributed by atoms with E-state index in [0.29, 0.717) is 5.92 Å². The first kappa shape index (κ1) is 11.5. The Morgan fingerprint density at radius 2 is 1.92 bits per heavy atom. The summed E-state index contributed by atoms with van der Waals surface area (Å²) in [7, 11) is 0. The molecule has 0 aromatic heterocycles. The zero-order valence-electron chi connectivity index (χ0n) is 8.59. The Bertz CT molecular complexity index is 133. The highest BCUT2D eigenvalue weighted by molar-refractivity contribution is 4.87. The molecule has 0 spiro atoms. The van der Waals surface area contributed by atoms with Crippen molar-refractivity contribution in [2.24, 2.45) is 11.8 Å². The Kier molecular flexibility index (Phi) is 6.84. The Balaban J connectivity index is 3.51. The zero-order chi connectivity index (χ0) is 9.40. The Labute approximate surface area is 77.4 Å². The van der Waals surface area contributed by atoms with Crippen LogP contribution in [0, 0.1) is 18.4 Å². The summed E-state index contributed by atoms with van der Waals surface area (Å²) in [5.74, 6) is 1.41. The molecule has 0 aliphatic rings. The van der Waals surface area contributed by atoms with E-state index >= 15 is 0 Å². The van der Waals surface area contributed by atoms with Crippen molar-refractivity contribution in [3.05, 3.63) is 24.8 Å². The van der Waals surface area contributed by atoms with Gasteiger partial charge in [-0.25, -0.2) is 0 Å². The van der Waals surface area contributed by atoms with Gasteiger partial charge in [-0.1, -0.05) is 52.0 Å². The van der Waals surface area contributed by atoms with E-state index in [1.165, 1.54) is 6.42 Å². The fraction of sp³-hybridized carbons (Fsp3) is 0.667. The van der Waals surface area contributed by atoms with Crippen molar-refractivity contribution in [2.45, 2.75) is 40.0 Å².